The van der Waals surface area contributed by atoms with Gasteiger partial charge in [0, 0.05) is 13.1 Å². The highest BCUT2D eigenvalue weighted by atomic mass is 16.5. The molecule has 0 saturated carbocycles. The van der Waals surface area contributed by atoms with Gasteiger partial charge in [0.1, 0.15) is 0 Å². The molecule has 88 valence electrons. The normalized spacial score (nSPS) is 27.9. The molecule has 0 amide bonds. The van der Waals surface area contributed by atoms with Gasteiger partial charge in [-0.25, -0.2) is 0 Å². The Balaban J connectivity index is 2.07. The number of rotatable bonds is 6. The van der Waals surface area contributed by atoms with Crippen molar-refractivity contribution in [2.45, 2.75) is 51.7 Å². The van der Waals surface area contributed by atoms with E-state index < -0.39 is 0 Å². The summed E-state index contributed by atoms with van der Waals surface area (Å²) in [6.45, 7) is 7.65. The third-order valence-electron chi connectivity index (χ3n) is 2.82. The molecule has 1 N–H and O–H groups in total. The van der Waals surface area contributed by atoms with E-state index in [0.717, 1.165) is 19.5 Å². The van der Waals surface area contributed by atoms with E-state index in [1.165, 1.54) is 32.0 Å². The SMILES string of the molecule is CC1CN(CCCCCC=N)CC(C)O1. The van der Waals surface area contributed by atoms with Gasteiger partial charge in [0.25, 0.3) is 0 Å². The van der Waals surface area contributed by atoms with Crippen LogP contribution in [0.2, 0.25) is 0 Å². The minimum atomic E-state index is 0.385. The Kier molecular flexibility index (Phi) is 5.88. The van der Waals surface area contributed by atoms with Crippen molar-refractivity contribution in [2.24, 2.45) is 0 Å². The second-order valence-corrected chi connectivity index (χ2v) is 4.57. The summed E-state index contributed by atoms with van der Waals surface area (Å²) in [4.78, 5) is 2.50. The fourth-order valence-corrected chi connectivity index (χ4v) is 2.23. The first-order valence-electron chi connectivity index (χ1n) is 6.09. The summed E-state index contributed by atoms with van der Waals surface area (Å²) in [5, 5.41) is 6.93. The molecule has 15 heavy (non-hydrogen) atoms. The van der Waals surface area contributed by atoms with Gasteiger partial charge in [-0.05, 0) is 45.9 Å². The number of morpholine rings is 1. The van der Waals surface area contributed by atoms with Gasteiger partial charge in [0.2, 0.25) is 0 Å². The lowest BCUT2D eigenvalue weighted by atomic mass is 10.1. The highest BCUT2D eigenvalue weighted by Gasteiger charge is 2.21. The van der Waals surface area contributed by atoms with Gasteiger partial charge in [-0.1, -0.05) is 6.42 Å². The van der Waals surface area contributed by atoms with Crippen molar-refractivity contribution in [1.29, 1.82) is 5.41 Å². The molecule has 1 aliphatic rings. The maximum Gasteiger partial charge on any atom is 0.0678 e. The zero-order chi connectivity index (χ0) is 11.1. The van der Waals surface area contributed by atoms with Gasteiger partial charge in [0.15, 0.2) is 0 Å². The molecule has 1 fully saturated rings. The number of ether oxygens (including phenoxy) is 1. The van der Waals surface area contributed by atoms with Crippen LogP contribution in [0, 0.1) is 5.41 Å². The Hall–Kier alpha value is -0.410. The van der Waals surface area contributed by atoms with Crippen molar-refractivity contribution in [3.05, 3.63) is 0 Å². The second kappa shape index (κ2) is 6.96. The van der Waals surface area contributed by atoms with Crippen LogP contribution in [-0.4, -0.2) is 43.0 Å². The number of hydrogen-bond donors (Lipinski definition) is 1. The minimum absolute atomic E-state index is 0.385. The largest absolute Gasteiger partial charge is 0.373 e. The van der Waals surface area contributed by atoms with Crippen LogP contribution in [0.15, 0.2) is 0 Å². The first-order chi connectivity index (χ1) is 7.22. The van der Waals surface area contributed by atoms with Crippen molar-refractivity contribution >= 4 is 6.21 Å². The number of unbranched alkanes of at least 4 members (excludes halogenated alkanes) is 3. The van der Waals surface area contributed by atoms with Crippen LogP contribution in [0.5, 0.6) is 0 Å². The van der Waals surface area contributed by atoms with Gasteiger partial charge < -0.3 is 10.1 Å². The number of nitrogens with one attached hydrogen (secondary N) is 1. The van der Waals surface area contributed by atoms with Crippen molar-refractivity contribution in [3.63, 3.8) is 0 Å². The molecule has 2 unspecified atom stereocenters. The third-order valence-corrected chi connectivity index (χ3v) is 2.82. The second-order valence-electron chi connectivity index (χ2n) is 4.57. The summed E-state index contributed by atoms with van der Waals surface area (Å²) in [6.07, 6.45) is 6.89. The monoisotopic (exact) mass is 212 g/mol. The maximum absolute atomic E-state index is 6.93. The van der Waals surface area contributed by atoms with E-state index >= 15 is 0 Å². The van der Waals surface area contributed by atoms with E-state index in [9.17, 15) is 0 Å². The lowest BCUT2D eigenvalue weighted by molar-refractivity contribution is -0.0681. The maximum atomic E-state index is 6.93. The summed E-state index contributed by atoms with van der Waals surface area (Å²) in [5.74, 6) is 0. The molecule has 0 radical (unpaired) electrons. The topological polar surface area (TPSA) is 36.3 Å². The molecule has 1 saturated heterocycles. The molecule has 0 aromatic heterocycles. The highest BCUT2D eigenvalue weighted by Crippen LogP contribution is 2.11. The van der Waals surface area contributed by atoms with Crippen molar-refractivity contribution in [2.75, 3.05) is 19.6 Å². The van der Waals surface area contributed by atoms with Crippen molar-refractivity contribution in [1.82, 2.24) is 4.90 Å². The van der Waals surface area contributed by atoms with E-state index in [0.29, 0.717) is 12.2 Å². The molecule has 3 heteroatoms. The van der Waals surface area contributed by atoms with Gasteiger partial charge in [-0.15, -0.1) is 0 Å². The van der Waals surface area contributed by atoms with Crippen LogP contribution in [0.3, 0.4) is 0 Å². The van der Waals surface area contributed by atoms with E-state index in [1.807, 2.05) is 0 Å². The average molecular weight is 212 g/mol. The Morgan fingerprint density at radius 2 is 1.87 bits per heavy atom. The first kappa shape index (κ1) is 12.7. The van der Waals surface area contributed by atoms with E-state index in [4.69, 9.17) is 10.1 Å². The van der Waals surface area contributed by atoms with Crippen LogP contribution >= 0.6 is 0 Å². The van der Waals surface area contributed by atoms with Gasteiger partial charge in [0.05, 0.1) is 12.2 Å². The van der Waals surface area contributed by atoms with E-state index in [1.54, 1.807) is 0 Å². The molecule has 0 spiro atoms. The highest BCUT2D eigenvalue weighted by molar-refractivity contribution is 5.52. The Morgan fingerprint density at radius 1 is 1.20 bits per heavy atom. The smallest absolute Gasteiger partial charge is 0.0678 e. The zero-order valence-corrected chi connectivity index (χ0v) is 10.0. The summed E-state index contributed by atoms with van der Waals surface area (Å²) < 4.78 is 5.69. The Bertz CT molecular complexity index is 174. The quantitative estimate of drug-likeness (QED) is 0.542. The lowest BCUT2D eigenvalue weighted by Gasteiger charge is -2.35. The molecule has 1 aliphatic heterocycles. The molecule has 2 atom stereocenters. The van der Waals surface area contributed by atoms with Gasteiger partial charge in [-0.2, -0.15) is 0 Å². The number of hydrogen-bond acceptors (Lipinski definition) is 3. The van der Waals surface area contributed by atoms with Crippen LogP contribution in [0.4, 0.5) is 0 Å². The Labute approximate surface area is 93.3 Å². The molecule has 1 heterocycles. The van der Waals surface area contributed by atoms with Crippen molar-refractivity contribution in [3.8, 4) is 0 Å². The van der Waals surface area contributed by atoms with Gasteiger partial charge >= 0.3 is 0 Å². The van der Waals surface area contributed by atoms with E-state index in [2.05, 4.69) is 18.7 Å². The molecular weight excluding hydrogens is 188 g/mol. The average Bonchev–Trinajstić information content (AvgIpc) is 2.16. The predicted molar refractivity (Wildman–Crippen MR) is 63.7 cm³/mol. The molecule has 3 nitrogen and oxygen atoms in total. The third kappa shape index (κ3) is 5.28. The van der Waals surface area contributed by atoms with Crippen LogP contribution in [0.1, 0.15) is 39.5 Å². The molecule has 0 bridgehead atoms. The summed E-state index contributed by atoms with van der Waals surface area (Å²) in [6, 6.07) is 0. The minimum Gasteiger partial charge on any atom is -0.373 e. The summed E-state index contributed by atoms with van der Waals surface area (Å²) in [7, 11) is 0. The Morgan fingerprint density at radius 3 is 2.47 bits per heavy atom. The van der Waals surface area contributed by atoms with Crippen LogP contribution < -0.4 is 0 Å². The molecule has 0 aromatic carbocycles. The van der Waals surface area contributed by atoms with E-state index in [-0.39, 0.29) is 0 Å². The number of nitrogens with zero attached hydrogens (tertiary/aromatic N) is 1. The van der Waals surface area contributed by atoms with Gasteiger partial charge in [-0.3, -0.25) is 4.90 Å². The molecular formula is C12H24N2O. The molecule has 0 aliphatic carbocycles. The zero-order valence-electron chi connectivity index (χ0n) is 10.0. The summed E-state index contributed by atoms with van der Waals surface area (Å²) >= 11 is 0. The fraction of sp³-hybridized carbons (Fsp3) is 0.917. The standard InChI is InChI=1S/C12H24N2O/c1-11-9-14(10-12(2)15-11)8-6-4-3-5-7-13/h7,11-13H,3-6,8-10H2,1-2H3. The fourth-order valence-electron chi connectivity index (χ4n) is 2.23. The lowest BCUT2D eigenvalue weighted by Crippen LogP contribution is -2.45. The van der Waals surface area contributed by atoms with Crippen LogP contribution in [0.25, 0.3) is 0 Å². The first-order valence-corrected chi connectivity index (χ1v) is 6.09. The predicted octanol–water partition coefficient (Wildman–Crippen LogP) is 2.31. The summed E-state index contributed by atoms with van der Waals surface area (Å²) in [5.41, 5.74) is 0. The van der Waals surface area contributed by atoms with Crippen molar-refractivity contribution < 1.29 is 4.74 Å². The van der Waals surface area contributed by atoms with Crippen LogP contribution in [-0.2, 0) is 4.74 Å². The molecule has 0 aromatic rings. The molecule has 1 rings (SSSR count).